The maximum atomic E-state index is 13.2. The monoisotopic (exact) mass is 532 g/mol. The van der Waals surface area contributed by atoms with E-state index in [0.29, 0.717) is 31.8 Å². The molecule has 0 saturated heterocycles. The summed E-state index contributed by atoms with van der Waals surface area (Å²) in [5.41, 5.74) is 0.270. The maximum Gasteiger partial charge on any atom is 0.255 e. The number of hydrogen-bond donors (Lipinski definition) is 4. The van der Waals surface area contributed by atoms with E-state index in [-0.39, 0.29) is 61.2 Å². The summed E-state index contributed by atoms with van der Waals surface area (Å²) in [6.45, 7) is 11.2. The van der Waals surface area contributed by atoms with Crippen molar-refractivity contribution in [2.24, 2.45) is 11.8 Å². The second-order valence-corrected chi connectivity index (χ2v) is 10.4. The molecule has 0 radical (unpaired) electrons. The van der Waals surface area contributed by atoms with Gasteiger partial charge in [0, 0.05) is 19.6 Å². The van der Waals surface area contributed by atoms with E-state index in [9.17, 15) is 19.2 Å². The molecule has 0 spiro atoms. The molecule has 4 amide bonds. The zero-order valence-electron chi connectivity index (χ0n) is 23.3. The summed E-state index contributed by atoms with van der Waals surface area (Å²) in [5, 5.41) is 11.4. The average molecular weight is 533 g/mol. The number of para-hydroxylation sites is 1. The highest BCUT2D eigenvalue weighted by molar-refractivity contribution is 5.99. The van der Waals surface area contributed by atoms with Crippen LogP contribution < -0.4 is 26.0 Å². The van der Waals surface area contributed by atoms with Gasteiger partial charge in [0.25, 0.3) is 5.91 Å². The fourth-order valence-corrected chi connectivity index (χ4v) is 4.27. The van der Waals surface area contributed by atoms with E-state index in [2.05, 4.69) is 35.1 Å². The summed E-state index contributed by atoms with van der Waals surface area (Å²) in [6.07, 6.45) is 1.15. The maximum absolute atomic E-state index is 13.2. The topological polar surface area (TPSA) is 135 Å². The smallest absolute Gasteiger partial charge is 0.255 e. The van der Waals surface area contributed by atoms with Crippen molar-refractivity contribution in [3.05, 3.63) is 29.8 Å². The summed E-state index contributed by atoms with van der Waals surface area (Å²) in [5.74, 6) is -0.730. The number of nitrogens with one attached hydrogen (secondary N) is 4. The highest BCUT2D eigenvalue weighted by atomic mass is 16.5. The zero-order valence-corrected chi connectivity index (χ0v) is 23.3. The van der Waals surface area contributed by atoms with Gasteiger partial charge in [-0.25, -0.2) is 0 Å². The first-order chi connectivity index (χ1) is 18.1. The number of hydrogen-bond acceptors (Lipinski definition) is 6. The van der Waals surface area contributed by atoms with Gasteiger partial charge in [0.2, 0.25) is 17.7 Å². The van der Waals surface area contributed by atoms with Gasteiger partial charge < -0.3 is 30.7 Å². The zero-order chi connectivity index (χ0) is 28.1. The molecule has 1 aliphatic heterocycles. The van der Waals surface area contributed by atoms with Crippen LogP contribution in [-0.4, -0.2) is 68.1 Å². The van der Waals surface area contributed by atoms with E-state index < -0.39 is 23.9 Å². The molecule has 10 heteroatoms. The Morgan fingerprint density at radius 2 is 1.76 bits per heavy atom. The molecule has 0 aromatic heterocycles. The molecule has 1 aromatic carbocycles. The summed E-state index contributed by atoms with van der Waals surface area (Å²) in [7, 11) is 0. The Morgan fingerprint density at radius 1 is 1.05 bits per heavy atom. The second-order valence-electron chi connectivity index (χ2n) is 10.4. The molecule has 0 fully saturated rings. The minimum atomic E-state index is -0.959. The van der Waals surface area contributed by atoms with Crippen molar-refractivity contribution in [3.63, 3.8) is 0 Å². The number of ether oxygens (including phenoxy) is 2. The molecule has 4 N–H and O–H groups in total. The van der Waals surface area contributed by atoms with Crippen molar-refractivity contribution in [2.75, 3.05) is 26.4 Å². The van der Waals surface area contributed by atoms with E-state index in [1.54, 1.807) is 24.3 Å². The van der Waals surface area contributed by atoms with Gasteiger partial charge in [-0.1, -0.05) is 39.8 Å². The van der Waals surface area contributed by atoms with E-state index in [4.69, 9.17) is 9.47 Å². The third-order valence-electron chi connectivity index (χ3n) is 6.06. The Kier molecular flexibility index (Phi) is 13.1. The van der Waals surface area contributed by atoms with Gasteiger partial charge in [0.05, 0.1) is 18.2 Å². The first-order valence-electron chi connectivity index (χ1n) is 13.6. The molecular formula is C28H44N4O6. The number of benzene rings is 1. The summed E-state index contributed by atoms with van der Waals surface area (Å²) in [4.78, 5) is 52.3. The van der Waals surface area contributed by atoms with E-state index in [1.165, 1.54) is 0 Å². The molecule has 0 aliphatic carbocycles. The number of fused-ring (bicyclic) bond motifs is 1. The number of amides is 4. The predicted octanol–water partition coefficient (Wildman–Crippen LogP) is 2.17. The standard InChI is InChI=1S/C28H44N4O6/c1-6-37-14-13-29-27(35)22-11-12-25(33)31-23(16-19(4)5)28(36)30-20(15-18(2)3)17-38-24-10-8-7-9-21(24)26(34)32-22/h7-10,18-20,22-23H,6,11-17H2,1-5H3,(H,29,35)(H,30,36)(H,31,33)(H,32,34)/t20-,22+,23-/m1/s1. The van der Waals surface area contributed by atoms with Crippen molar-refractivity contribution in [1.29, 1.82) is 0 Å². The lowest BCUT2D eigenvalue weighted by Crippen LogP contribution is -2.52. The fourth-order valence-electron chi connectivity index (χ4n) is 4.27. The van der Waals surface area contributed by atoms with Gasteiger partial charge in [-0.2, -0.15) is 0 Å². The van der Waals surface area contributed by atoms with Gasteiger partial charge in [0.1, 0.15) is 24.4 Å². The quantitative estimate of drug-likeness (QED) is 0.360. The molecule has 2 rings (SSSR count). The first-order valence-corrected chi connectivity index (χ1v) is 13.6. The first kappa shape index (κ1) is 31.1. The molecule has 1 heterocycles. The molecule has 10 nitrogen and oxygen atoms in total. The lowest BCUT2D eigenvalue weighted by Gasteiger charge is -2.26. The minimum absolute atomic E-state index is 0.0424. The largest absolute Gasteiger partial charge is 0.491 e. The van der Waals surface area contributed by atoms with Crippen LogP contribution in [0.5, 0.6) is 5.75 Å². The highest BCUT2D eigenvalue weighted by Gasteiger charge is 2.28. The minimum Gasteiger partial charge on any atom is -0.491 e. The summed E-state index contributed by atoms with van der Waals surface area (Å²) in [6, 6.07) is 4.78. The molecular weight excluding hydrogens is 488 g/mol. The normalized spacial score (nSPS) is 21.3. The summed E-state index contributed by atoms with van der Waals surface area (Å²) >= 11 is 0. The Balaban J connectivity index is 2.35. The predicted molar refractivity (Wildman–Crippen MR) is 145 cm³/mol. The van der Waals surface area contributed by atoms with Crippen LogP contribution in [0.1, 0.15) is 70.7 Å². The Bertz CT molecular complexity index is 936. The van der Waals surface area contributed by atoms with Crippen LogP contribution in [0.3, 0.4) is 0 Å². The van der Waals surface area contributed by atoms with Crippen LogP contribution in [0.2, 0.25) is 0 Å². The molecule has 1 aliphatic rings. The molecule has 38 heavy (non-hydrogen) atoms. The Labute approximate surface area is 226 Å². The van der Waals surface area contributed by atoms with Gasteiger partial charge in [0.15, 0.2) is 0 Å². The van der Waals surface area contributed by atoms with Gasteiger partial charge >= 0.3 is 0 Å². The third-order valence-corrected chi connectivity index (χ3v) is 6.06. The van der Waals surface area contributed by atoms with Crippen LogP contribution >= 0.6 is 0 Å². The van der Waals surface area contributed by atoms with Gasteiger partial charge in [-0.3, -0.25) is 19.2 Å². The highest BCUT2D eigenvalue weighted by Crippen LogP contribution is 2.20. The molecule has 3 atom stereocenters. The van der Waals surface area contributed by atoms with Crippen molar-refractivity contribution in [3.8, 4) is 5.75 Å². The van der Waals surface area contributed by atoms with Crippen LogP contribution in [0, 0.1) is 11.8 Å². The van der Waals surface area contributed by atoms with Crippen molar-refractivity contribution in [1.82, 2.24) is 21.3 Å². The second kappa shape index (κ2) is 16.0. The van der Waals surface area contributed by atoms with E-state index >= 15 is 0 Å². The van der Waals surface area contributed by atoms with Crippen molar-refractivity contribution in [2.45, 2.75) is 78.4 Å². The Hall–Kier alpha value is -3.14. The van der Waals surface area contributed by atoms with Gasteiger partial charge in [-0.05, 0) is 50.2 Å². The lowest BCUT2D eigenvalue weighted by atomic mass is 10.0. The molecule has 0 unspecified atom stereocenters. The average Bonchev–Trinajstić information content (AvgIpc) is 2.86. The van der Waals surface area contributed by atoms with Crippen LogP contribution in [0.25, 0.3) is 0 Å². The Morgan fingerprint density at radius 3 is 2.45 bits per heavy atom. The SMILES string of the molecule is CCOCCNC(=O)[C@@H]1CCC(=O)N[C@H](CC(C)C)C(=O)N[C@H](CC(C)C)COc2ccccc2C(=O)N1. The molecule has 212 valence electrons. The van der Waals surface area contributed by atoms with E-state index in [1.807, 2.05) is 20.8 Å². The van der Waals surface area contributed by atoms with Crippen molar-refractivity contribution >= 4 is 23.6 Å². The number of rotatable bonds is 9. The van der Waals surface area contributed by atoms with Crippen LogP contribution in [-0.2, 0) is 19.1 Å². The number of carbonyl (C=O) groups is 4. The van der Waals surface area contributed by atoms with Crippen LogP contribution in [0.15, 0.2) is 24.3 Å². The van der Waals surface area contributed by atoms with E-state index in [0.717, 1.165) is 0 Å². The molecule has 0 saturated carbocycles. The number of carbonyl (C=O) groups excluding carboxylic acids is 4. The summed E-state index contributed by atoms with van der Waals surface area (Å²) < 4.78 is 11.3. The lowest BCUT2D eigenvalue weighted by molar-refractivity contribution is -0.130. The fraction of sp³-hybridized carbons (Fsp3) is 0.643. The third kappa shape index (κ3) is 10.7. The molecule has 0 bridgehead atoms. The molecule has 1 aromatic rings. The van der Waals surface area contributed by atoms with Gasteiger partial charge in [-0.15, -0.1) is 0 Å². The van der Waals surface area contributed by atoms with Crippen LogP contribution in [0.4, 0.5) is 0 Å². The van der Waals surface area contributed by atoms with Crippen molar-refractivity contribution < 1.29 is 28.7 Å².